The van der Waals surface area contributed by atoms with Crippen molar-refractivity contribution in [2.75, 3.05) is 13.1 Å². The van der Waals surface area contributed by atoms with E-state index in [0.717, 1.165) is 3.79 Å². The topological polar surface area (TPSA) is 46.6 Å². The van der Waals surface area contributed by atoms with Crippen LogP contribution in [0.2, 0.25) is 0 Å². The zero-order chi connectivity index (χ0) is 13.9. The Bertz CT molecular complexity index is 469. The summed E-state index contributed by atoms with van der Waals surface area (Å²) in [6, 6.07) is 0. The lowest BCUT2D eigenvalue weighted by atomic mass is 10.3. The highest BCUT2D eigenvalue weighted by Gasteiger charge is 2.25. The number of hydrogen-bond donors (Lipinski definition) is 0. The van der Waals surface area contributed by atoms with E-state index >= 15 is 0 Å². The van der Waals surface area contributed by atoms with E-state index in [0.29, 0.717) is 22.4 Å². The Hall–Kier alpha value is -0.400. The molecule has 0 N–H and O–H groups in total. The van der Waals surface area contributed by atoms with E-state index in [-0.39, 0.29) is 11.7 Å². The standard InChI is InChI=1S/C11H13Br2NO3S/c1-4-14(5-2)11(16)9-8(17-6(3)15)7(12)10(13)18-9/h4-5H2,1-3H3. The number of carbonyl (C=O) groups is 2. The van der Waals surface area contributed by atoms with Gasteiger partial charge in [0.25, 0.3) is 5.91 Å². The van der Waals surface area contributed by atoms with Crippen molar-refractivity contribution in [3.05, 3.63) is 13.1 Å². The highest BCUT2D eigenvalue weighted by Crippen LogP contribution is 2.43. The summed E-state index contributed by atoms with van der Waals surface area (Å²) in [6.45, 7) is 6.35. The molecule has 0 unspecified atom stereocenters. The number of ether oxygens (including phenoxy) is 1. The van der Waals surface area contributed by atoms with Gasteiger partial charge in [0.2, 0.25) is 0 Å². The number of carbonyl (C=O) groups excluding carboxylic acids is 2. The predicted octanol–water partition coefficient (Wildman–Crippen LogP) is 3.68. The Kier molecular flexibility index (Phi) is 5.81. The van der Waals surface area contributed by atoms with E-state index in [1.807, 2.05) is 13.8 Å². The Morgan fingerprint density at radius 3 is 2.28 bits per heavy atom. The van der Waals surface area contributed by atoms with E-state index in [4.69, 9.17) is 4.74 Å². The summed E-state index contributed by atoms with van der Waals surface area (Å²) in [5.41, 5.74) is 0. The molecule has 0 bridgehead atoms. The molecule has 100 valence electrons. The smallest absolute Gasteiger partial charge is 0.308 e. The molecule has 1 aromatic rings. The minimum Gasteiger partial charge on any atom is -0.424 e. The second kappa shape index (κ2) is 6.68. The van der Waals surface area contributed by atoms with E-state index in [1.54, 1.807) is 4.90 Å². The van der Waals surface area contributed by atoms with Gasteiger partial charge >= 0.3 is 5.97 Å². The lowest BCUT2D eigenvalue weighted by Crippen LogP contribution is -2.30. The first-order valence-electron chi connectivity index (χ1n) is 5.37. The summed E-state index contributed by atoms with van der Waals surface area (Å²) < 4.78 is 6.43. The molecule has 1 heterocycles. The van der Waals surface area contributed by atoms with Crippen LogP contribution in [0.4, 0.5) is 0 Å². The van der Waals surface area contributed by atoms with Gasteiger partial charge in [-0.05, 0) is 45.7 Å². The molecule has 1 aromatic heterocycles. The summed E-state index contributed by atoms with van der Waals surface area (Å²) in [4.78, 5) is 25.5. The summed E-state index contributed by atoms with van der Waals surface area (Å²) >= 11 is 7.89. The molecule has 0 radical (unpaired) electrons. The number of hydrogen-bond acceptors (Lipinski definition) is 4. The Labute approximate surface area is 127 Å². The van der Waals surface area contributed by atoms with Crippen molar-refractivity contribution in [2.45, 2.75) is 20.8 Å². The fraction of sp³-hybridized carbons (Fsp3) is 0.455. The summed E-state index contributed by atoms with van der Waals surface area (Å²) in [7, 11) is 0. The third-order valence-electron chi connectivity index (χ3n) is 2.26. The van der Waals surface area contributed by atoms with E-state index in [2.05, 4.69) is 31.9 Å². The van der Waals surface area contributed by atoms with Crippen LogP contribution in [0.25, 0.3) is 0 Å². The average molecular weight is 399 g/mol. The highest BCUT2D eigenvalue weighted by molar-refractivity contribution is 9.13. The lowest BCUT2D eigenvalue weighted by Gasteiger charge is -2.18. The zero-order valence-corrected chi connectivity index (χ0v) is 14.2. The largest absolute Gasteiger partial charge is 0.424 e. The van der Waals surface area contributed by atoms with E-state index < -0.39 is 5.97 Å². The van der Waals surface area contributed by atoms with Gasteiger partial charge < -0.3 is 9.64 Å². The average Bonchev–Trinajstić information content (AvgIpc) is 2.58. The van der Waals surface area contributed by atoms with Gasteiger partial charge in [-0.2, -0.15) is 0 Å². The molecule has 0 aliphatic rings. The van der Waals surface area contributed by atoms with Gasteiger partial charge in [-0.1, -0.05) is 0 Å². The van der Waals surface area contributed by atoms with E-state index in [9.17, 15) is 9.59 Å². The fourth-order valence-electron chi connectivity index (χ4n) is 1.40. The van der Waals surface area contributed by atoms with Crippen LogP contribution >= 0.6 is 43.2 Å². The predicted molar refractivity (Wildman–Crippen MR) is 78.3 cm³/mol. The SMILES string of the molecule is CCN(CC)C(=O)c1sc(Br)c(Br)c1OC(C)=O. The summed E-state index contributed by atoms with van der Waals surface area (Å²) in [5, 5.41) is 0. The molecule has 0 saturated carbocycles. The van der Waals surface area contributed by atoms with Gasteiger partial charge in [-0.15, -0.1) is 11.3 Å². The number of rotatable bonds is 4. The van der Waals surface area contributed by atoms with Crippen molar-refractivity contribution >= 4 is 55.1 Å². The number of halogens is 2. The molecule has 7 heteroatoms. The van der Waals surface area contributed by atoms with Gasteiger partial charge in [0.15, 0.2) is 5.75 Å². The molecule has 0 saturated heterocycles. The summed E-state index contributed by atoms with van der Waals surface area (Å²) in [6.07, 6.45) is 0. The zero-order valence-electron chi connectivity index (χ0n) is 10.3. The minimum absolute atomic E-state index is 0.132. The van der Waals surface area contributed by atoms with Crippen molar-refractivity contribution in [1.29, 1.82) is 0 Å². The second-order valence-electron chi connectivity index (χ2n) is 3.42. The molecule has 0 aliphatic carbocycles. The molecule has 0 atom stereocenters. The van der Waals surface area contributed by atoms with Crippen LogP contribution in [-0.2, 0) is 4.79 Å². The van der Waals surface area contributed by atoms with E-state index in [1.165, 1.54) is 18.3 Å². The first-order chi connectivity index (χ1) is 8.42. The van der Waals surface area contributed by atoms with Crippen LogP contribution in [0.5, 0.6) is 5.75 Å². The van der Waals surface area contributed by atoms with Crippen molar-refractivity contribution in [1.82, 2.24) is 4.90 Å². The third-order valence-corrected chi connectivity index (χ3v) is 5.64. The molecule has 0 aromatic carbocycles. The molecule has 0 fully saturated rings. The normalized spacial score (nSPS) is 10.3. The van der Waals surface area contributed by atoms with Crippen LogP contribution in [0.3, 0.4) is 0 Å². The summed E-state index contributed by atoms with van der Waals surface area (Å²) in [5.74, 6) is -0.293. The number of esters is 1. The quantitative estimate of drug-likeness (QED) is 0.726. The highest BCUT2D eigenvalue weighted by atomic mass is 79.9. The van der Waals surface area contributed by atoms with Crippen LogP contribution in [0.15, 0.2) is 8.26 Å². The molecule has 1 amide bonds. The van der Waals surface area contributed by atoms with Crippen LogP contribution in [0.1, 0.15) is 30.4 Å². The molecule has 0 spiro atoms. The maximum absolute atomic E-state index is 12.3. The number of thiophene rings is 1. The Balaban J connectivity index is 3.19. The number of amides is 1. The molecule has 18 heavy (non-hydrogen) atoms. The van der Waals surface area contributed by atoms with Gasteiger partial charge in [0, 0.05) is 20.0 Å². The van der Waals surface area contributed by atoms with Crippen molar-refractivity contribution in [2.24, 2.45) is 0 Å². The first kappa shape index (κ1) is 15.7. The third kappa shape index (κ3) is 3.33. The molecule has 4 nitrogen and oxygen atoms in total. The van der Waals surface area contributed by atoms with Gasteiger partial charge in [0.1, 0.15) is 4.88 Å². The molecule has 1 rings (SSSR count). The monoisotopic (exact) mass is 397 g/mol. The fourth-order valence-corrected chi connectivity index (χ4v) is 3.53. The van der Waals surface area contributed by atoms with Crippen molar-refractivity contribution in [3.8, 4) is 5.75 Å². The van der Waals surface area contributed by atoms with Crippen molar-refractivity contribution < 1.29 is 14.3 Å². The number of nitrogens with zero attached hydrogens (tertiary/aromatic N) is 1. The van der Waals surface area contributed by atoms with Gasteiger partial charge in [-0.25, -0.2) is 0 Å². The first-order valence-corrected chi connectivity index (χ1v) is 7.78. The second-order valence-corrected chi connectivity index (χ2v) is 6.55. The van der Waals surface area contributed by atoms with Crippen LogP contribution in [-0.4, -0.2) is 29.9 Å². The lowest BCUT2D eigenvalue weighted by molar-refractivity contribution is -0.131. The molecular weight excluding hydrogens is 386 g/mol. The maximum Gasteiger partial charge on any atom is 0.308 e. The van der Waals surface area contributed by atoms with Gasteiger partial charge in [-0.3, -0.25) is 9.59 Å². The van der Waals surface area contributed by atoms with Crippen LogP contribution < -0.4 is 4.74 Å². The van der Waals surface area contributed by atoms with Crippen molar-refractivity contribution in [3.63, 3.8) is 0 Å². The maximum atomic E-state index is 12.3. The van der Waals surface area contributed by atoms with Crippen LogP contribution in [0, 0.1) is 0 Å². The Morgan fingerprint density at radius 2 is 1.83 bits per heavy atom. The minimum atomic E-state index is -0.449. The van der Waals surface area contributed by atoms with Gasteiger partial charge in [0.05, 0.1) is 8.26 Å². The Morgan fingerprint density at radius 1 is 1.28 bits per heavy atom. The molecular formula is C11H13Br2NO3S. The molecule has 0 aliphatic heterocycles.